The topological polar surface area (TPSA) is 30.2 Å². The molecule has 3 nitrogen and oxygen atoms in total. The quantitative estimate of drug-likeness (QED) is 0.436. The fourth-order valence-electron chi connectivity index (χ4n) is 2.55. The maximum atomic E-state index is 4.27. The normalized spacial score (nSPS) is 11.6. The fourth-order valence-corrected chi connectivity index (χ4v) is 2.55. The number of aryl methyl sites for hydroxylation is 1. The van der Waals surface area contributed by atoms with Gasteiger partial charge in [-0.05, 0) is 35.2 Å². The first-order chi connectivity index (χ1) is 8.84. The summed E-state index contributed by atoms with van der Waals surface area (Å²) >= 11 is 0. The van der Waals surface area contributed by atoms with Crippen molar-refractivity contribution in [2.45, 2.75) is 6.92 Å². The molecule has 2 aromatic carbocycles. The summed E-state index contributed by atoms with van der Waals surface area (Å²) in [5.41, 5.74) is 0.927. The van der Waals surface area contributed by atoms with E-state index in [0.29, 0.717) is 0 Å². The molecule has 0 fully saturated rings. The van der Waals surface area contributed by atoms with E-state index in [9.17, 15) is 0 Å². The molecule has 0 saturated carbocycles. The molecular weight excluding hydrogens is 222 g/mol. The Morgan fingerprint density at radius 2 is 1.72 bits per heavy atom. The van der Waals surface area contributed by atoms with Crippen LogP contribution in [0.3, 0.4) is 0 Å². The van der Waals surface area contributed by atoms with Crippen LogP contribution in [0.4, 0.5) is 0 Å². The Balaban J connectivity index is 2.30. The van der Waals surface area contributed by atoms with Crippen LogP contribution in [0.25, 0.3) is 27.2 Å². The minimum atomic E-state index is 0.917. The van der Waals surface area contributed by atoms with Gasteiger partial charge in [-0.25, -0.2) is 0 Å². The Morgan fingerprint density at radius 1 is 0.833 bits per heavy atom. The van der Waals surface area contributed by atoms with Gasteiger partial charge in [-0.2, -0.15) is 0 Å². The summed E-state index contributed by atoms with van der Waals surface area (Å²) in [4.78, 5) is 0. The maximum Gasteiger partial charge on any atom is 0.168 e. The van der Waals surface area contributed by atoms with Crippen LogP contribution in [0.1, 0.15) is 5.82 Å². The summed E-state index contributed by atoms with van der Waals surface area (Å²) in [6.07, 6.45) is 2.04. The van der Waals surface area contributed by atoms with Gasteiger partial charge in [0.2, 0.25) is 0 Å². The van der Waals surface area contributed by atoms with Crippen LogP contribution in [0, 0.1) is 6.92 Å². The van der Waals surface area contributed by atoms with Gasteiger partial charge < -0.3 is 0 Å². The largest absolute Gasteiger partial charge is 0.286 e. The van der Waals surface area contributed by atoms with Gasteiger partial charge >= 0.3 is 0 Å². The monoisotopic (exact) mass is 233 g/mol. The van der Waals surface area contributed by atoms with E-state index in [1.54, 1.807) is 0 Å². The standard InChI is InChI=1S/C15H11N3/c1-10-16-17-15-14-7-6-11-4-2-3-5-12(11)13(14)8-9-18(10)15/h2-9H,1H3. The highest BCUT2D eigenvalue weighted by Crippen LogP contribution is 2.27. The van der Waals surface area contributed by atoms with Crippen molar-refractivity contribution < 1.29 is 0 Å². The van der Waals surface area contributed by atoms with E-state index in [2.05, 4.69) is 52.7 Å². The molecule has 0 amide bonds. The van der Waals surface area contributed by atoms with E-state index in [1.807, 2.05) is 17.5 Å². The van der Waals surface area contributed by atoms with Crippen LogP contribution in [0.2, 0.25) is 0 Å². The molecular formula is C15H11N3. The molecule has 0 aliphatic rings. The van der Waals surface area contributed by atoms with Gasteiger partial charge in [0.25, 0.3) is 0 Å². The lowest BCUT2D eigenvalue weighted by atomic mass is 10.0. The Morgan fingerprint density at radius 3 is 2.67 bits per heavy atom. The minimum Gasteiger partial charge on any atom is -0.286 e. The molecule has 0 unspecified atom stereocenters. The van der Waals surface area contributed by atoms with Crippen LogP contribution in [-0.2, 0) is 0 Å². The molecule has 0 radical (unpaired) electrons. The third-order valence-electron chi connectivity index (χ3n) is 3.47. The van der Waals surface area contributed by atoms with Gasteiger partial charge in [0.05, 0.1) is 0 Å². The molecule has 0 spiro atoms. The summed E-state index contributed by atoms with van der Waals surface area (Å²) in [6.45, 7) is 1.97. The second-order valence-electron chi connectivity index (χ2n) is 4.50. The van der Waals surface area contributed by atoms with Gasteiger partial charge in [-0.15, -0.1) is 10.2 Å². The third kappa shape index (κ3) is 1.13. The van der Waals surface area contributed by atoms with Crippen molar-refractivity contribution in [1.82, 2.24) is 14.6 Å². The third-order valence-corrected chi connectivity index (χ3v) is 3.47. The van der Waals surface area contributed by atoms with Crippen molar-refractivity contribution in [1.29, 1.82) is 0 Å². The number of aromatic nitrogens is 3. The average molecular weight is 233 g/mol. The summed E-state index contributed by atoms with van der Waals surface area (Å²) in [5.74, 6) is 0.917. The molecule has 0 atom stereocenters. The Labute approximate surface area is 104 Å². The zero-order chi connectivity index (χ0) is 12.1. The fraction of sp³-hybridized carbons (Fsp3) is 0.0667. The number of fused-ring (bicyclic) bond motifs is 5. The van der Waals surface area contributed by atoms with E-state index in [-0.39, 0.29) is 0 Å². The van der Waals surface area contributed by atoms with Crippen molar-refractivity contribution in [3.8, 4) is 0 Å². The zero-order valence-corrected chi connectivity index (χ0v) is 9.96. The lowest BCUT2D eigenvalue weighted by Gasteiger charge is -2.05. The number of hydrogen-bond donors (Lipinski definition) is 0. The molecule has 4 aromatic rings. The van der Waals surface area contributed by atoms with Crippen molar-refractivity contribution in [2.24, 2.45) is 0 Å². The molecule has 0 saturated heterocycles. The molecule has 4 rings (SSSR count). The van der Waals surface area contributed by atoms with Crippen LogP contribution in [0.15, 0.2) is 48.7 Å². The highest BCUT2D eigenvalue weighted by Gasteiger charge is 2.07. The van der Waals surface area contributed by atoms with E-state index >= 15 is 0 Å². The lowest BCUT2D eigenvalue weighted by molar-refractivity contribution is 1.01. The average Bonchev–Trinajstić information content (AvgIpc) is 2.80. The van der Waals surface area contributed by atoms with Crippen molar-refractivity contribution >= 4 is 27.2 Å². The molecule has 0 aliphatic carbocycles. The second-order valence-corrected chi connectivity index (χ2v) is 4.50. The zero-order valence-electron chi connectivity index (χ0n) is 9.96. The summed E-state index contributed by atoms with van der Waals surface area (Å²) in [5, 5.41) is 13.3. The van der Waals surface area contributed by atoms with Gasteiger partial charge in [-0.1, -0.05) is 30.3 Å². The van der Waals surface area contributed by atoms with E-state index in [0.717, 1.165) is 16.9 Å². The van der Waals surface area contributed by atoms with Crippen molar-refractivity contribution in [3.05, 3.63) is 54.5 Å². The lowest BCUT2D eigenvalue weighted by Crippen LogP contribution is -1.88. The number of hydrogen-bond acceptors (Lipinski definition) is 2. The predicted octanol–water partition coefficient (Wildman–Crippen LogP) is 3.34. The molecule has 0 N–H and O–H groups in total. The summed E-state index contributed by atoms with van der Waals surface area (Å²) in [7, 11) is 0. The summed E-state index contributed by atoms with van der Waals surface area (Å²) in [6, 6.07) is 14.8. The minimum absolute atomic E-state index is 0.917. The Hall–Kier alpha value is -2.42. The van der Waals surface area contributed by atoms with Gasteiger partial charge in [-0.3, -0.25) is 4.40 Å². The molecule has 86 valence electrons. The first-order valence-corrected chi connectivity index (χ1v) is 5.96. The maximum absolute atomic E-state index is 4.27. The van der Waals surface area contributed by atoms with Crippen LogP contribution in [0.5, 0.6) is 0 Å². The SMILES string of the molecule is Cc1nnc2c3ccc4ccccc4c3ccn12. The number of benzene rings is 2. The van der Waals surface area contributed by atoms with Crippen molar-refractivity contribution in [2.75, 3.05) is 0 Å². The number of rotatable bonds is 0. The molecule has 3 heteroatoms. The van der Waals surface area contributed by atoms with Crippen molar-refractivity contribution in [3.63, 3.8) is 0 Å². The molecule has 18 heavy (non-hydrogen) atoms. The first-order valence-electron chi connectivity index (χ1n) is 5.96. The van der Waals surface area contributed by atoms with Crippen LogP contribution < -0.4 is 0 Å². The van der Waals surface area contributed by atoms with Crippen LogP contribution in [-0.4, -0.2) is 14.6 Å². The first kappa shape index (κ1) is 9.59. The molecule has 0 aliphatic heterocycles. The summed E-state index contributed by atoms with van der Waals surface area (Å²) < 4.78 is 2.02. The number of nitrogens with zero attached hydrogens (tertiary/aromatic N) is 3. The Kier molecular flexibility index (Phi) is 1.75. The molecule has 2 aromatic heterocycles. The van der Waals surface area contributed by atoms with Gasteiger partial charge in [0, 0.05) is 11.6 Å². The number of pyridine rings is 1. The smallest absolute Gasteiger partial charge is 0.168 e. The molecule has 0 bridgehead atoms. The highest BCUT2D eigenvalue weighted by molar-refractivity contribution is 6.11. The van der Waals surface area contributed by atoms with E-state index in [4.69, 9.17) is 0 Å². The van der Waals surface area contributed by atoms with Crippen LogP contribution >= 0.6 is 0 Å². The second kappa shape index (κ2) is 3.29. The van der Waals surface area contributed by atoms with E-state index < -0.39 is 0 Å². The Bertz CT molecular complexity index is 890. The highest BCUT2D eigenvalue weighted by atomic mass is 15.2. The van der Waals surface area contributed by atoms with E-state index in [1.165, 1.54) is 16.2 Å². The molecule has 2 heterocycles. The predicted molar refractivity (Wildman–Crippen MR) is 72.7 cm³/mol. The van der Waals surface area contributed by atoms with Gasteiger partial charge in [0.1, 0.15) is 5.82 Å². The van der Waals surface area contributed by atoms with Gasteiger partial charge in [0.15, 0.2) is 5.65 Å².